The molecule has 0 aromatic rings. The molecule has 0 aliphatic carbocycles. The molecule has 0 fully saturated rings. The van der Waals surface area contributed by atoms with Crippen molar-refractivity contribution in [3.8, 4) is 0 Å². The maximum absolute atomic E-state index is 12.6. The van der Waals surface area contributed by atoms with Crippen LogP contribution in [0.4, 0.5) is 0 Å². The van der Waals surface area contributed by atoms with Gasteiger partial charge in [0.25, 0.3) is 0 Å². The van der Waals surface area contributed by atoms with Crippen LogP contribution in [-0.2, 0) is 19.2 Å². The van der Waals surface area contributed by atoms with Crippen LogP contribution in [0, 0.1) is 5.92 Å². The van der Waals surface area contributed by atoms with E-state index in [9.17, 15) is 19.2 Å². The Labute approximate surface area is 164 Å². The number of thioether (sulfide) groups is 1. The van der Waals surface area contributed by atoms with Gasteiger partial charge in [-0.3, -0.25) is 19.2 Å². The van der Waals surface area contributed by atoms with Gasteiger partial charge in [-0.15, -0.1) is 0 Å². The van der Waals surface area contributed by atoms with Gasteiger partial charge in [0.2, 0.25) is 17.7 Å². The van der Waals surface area contributed by atoms with Gasteiger partial charge in [0.05, 0.1) is 6.04 Å². The van der Waals surface area contributed by atoms with Crippen molar-refractivity contribution in [1.82, 2.24) is 16.0 Å². The smallest absolute Gasteiger partial charge is 0.325 e. The van der Waals surface area contributed by atoms with Crippen LogP contribution in [0.3, 0.4) is 0 Å². The van der Waals surface area contributed by atoms with E-state index in [4.69, 9.17) is 10.8 Å². The molecule has 0 aliphatic rings. The Morgan fingerprint density at radius 1 is 0.963 bits per heavy atom. The van der Waals surface area contributed by atoms with Crippen molar-refractivity contribution in [1.29, 1.82) is 0 Å². The molecule has 0 heterocycles. The van der Waals surface area contributed by atoms with Crippen LogP contribution in [0.25, 0.3) is 0 Å². The van der Waals surface area contributed by atoms with Crippen LogP contribution in [0.1, 0.15) is 40.5 Å². The summed E-state index contributed by atoms with van der Waals surface area (Å²) in [6.45, 7) is 6.47. The van der Waals surface area contributed by atoms with Gasteiger partial charge >= 0.3 is 5.97 Å². The maximum atomic E-state index is 12.6. The van der Waals surface area contributed by atoms with Gasteiger partial charge in [-0.2, -0.15) is 11.8 Å². The number of hydrogen-bond acceptors (Lipinski definition) is 6. The lowest BCUT2D eigenvalue weighted by Crippen LogP contribution is -2.57. The van der Waals surface area contributed by atoms with E-state index in [1.54, 1.807) is 11.8 Å². The second-order valence-corrected chi connectivity index (χ2v) is 7.54. The Kier molecular flexibility index (Phi) is 11.7. The molecule has 156 valence electrons. The lowest BCUT2D eigenvalue weighted by molar-refractivity contribution is -0.141. The molecular weight excluding hydrogens is 372 g/mol. The van der Waals surface area contributed by atoms with Gasteiger partial charge in [0, 0.05) is 0 Å². The highest BCUT2D eigenvalue weighted by Crippen LogP contribution is 2.09. The summed E-state index contributed by atoms with van der Waals surface area (Å²) in [6.07, 6.45) is 3.04. The second kappa shape index (κ2) is 12.6. The predicted molar refractivity (Wildman–Crippen MR) is 105 cm³/mol. The first-order valence-corrected chi connectivity index (χ1v) is 10.3. The summed E-state index contributed by atoms with van der Waals surface area (Å²) >= 11 is 1.58. The summed E-state index contributed by atoms with van der Waals surface area (Å²) < 4.78 is 0. The zero-order valence-corrected chi connectivity index (χ0v) is 17.4. The van der Waals surface area contributed by atoms with Crippen molar-refractivity contribution < 1.29 is 24.3 Å². The number of nitrogens with one attached hydrogen (secondary N) is 3. The molecule has 0 rings (SSSR count). The van der Waals surface area contributed by atoms with Crippen molar-refractivity contribution in [2.24, 2.45) is 11.7 Å². The van der Waals surface area contributed by atoms with E-state index >= 15 is 0 Å². The number of rotatable bonds is 12. The zero-order valence-electron chi connectivity index (χ0n) is 16.6. The molecule has 5 atom stereocenters. The van der Waals surface area contributed by atoms with Crippen LogP contribution in [0.2, 0.25) is 0 Å². The monoisotopic (exact) mass is 404 g/mol. The minimum atomic E-state index is -1.18. The van der Waals surface area contributed by atoms with E-state index in [1.165, 1.54) is 13.8 Å². The third-order valence-electron chi connectivity index (χ3n) is 4.24. The second-order valence-electron chi connectivity index (χ2n) is 6.56. The largest absolute Gasteiger partial charge is 0.480 e. The van der Waals surface area contributed by atoms with Crippen LogP contribution >= 0.6 is 11.8 Å². The average Bonchev–Trinajstić information content (AvgIpc) is 2.62. The molecule has 0 aromatic carbocycles. The highest BCUT2D eigenvalue weighted by atomic mass is 32.2. The first kappa shape index (κ1) is 25.2. The third kappa shape index (κ3) is 9.09. The summed E-state index contributed by atoms with van der Waals surface area (Å²) in [5, 5.41) is 16.3. The highest BCUT2D eigenvalue weighted by molar-refractivity contribution is 7.98. The number of aliphatic carboxylic acids is 1. The number of nitrogens with two attached hydrogens (primary N) is 1. The number of carboxylic acid groups (broad SMARTS) is 1. The van der Waals surface area contributed by atoms with E-state index in [1.807, 2.05) is 20.1 Å². The Morgan fingerprint density at radius 2 is 1.52 bits per heavy atom. The molecule has 0 aliphatic heterocycles. The molecule has 9 nitrogen and oxygen atoms in total. The topological polar surface area (TPSA) is 151 Å². The summed E-state index contributed by atoms with van der Waals surface area (Å²) in [4.78, 5) is 47.7. The van der Waals surface area contributed by atoms with Gasteiger partial charge in [-0.25, -0.2) is 0 Å². The molecule has 6 N–H and O–H groups in total. The number of carboxylic acids is 1. The minimum Gasteiger partial charge on any atom is -0.480 e. The Morgan fingerprint density at radius 3 is 2.00 bits per heavy atom. The van der Waals surface area contributed by atoms with Gasteiger partial charge in [0.1, 0.15) is 18.1 Å². The van der Waals surface area contributed by atoms with Crippen molar-refractivity contribution >= 4 is 35.5 Å². The van der Waals surface area contributed by atoms with Crippen molar-refractivity contribution in [2.75, 3.05) is 12.0 Å². The molecule has 0 spiro atoms. The maximum Gasteiger partial charge on any atom is 0.325 e. The first-order chi connectivity index (χ1) is 12.5. The minimum absolute atomic E-state index is 0.171. The van der Waals surface area contributed by atoms with Crippen LogP contribution < -0.4 is 21.7 Å². The van der Waals surface area contributed by atoms with E-state index in [0.717, 1.165) is 5.75 Å². The fraction of sp³-hybridized carbons (Fsp3) is 0.765. The average molecular weight is 405 g/mol. The molecule has 0 saturated heterocycles. The summed E-state index contributed by atoms with van der Waals surface area (Å²) in [5.74, 6) is -2.17. The first-order valence-electron chi connectivity index (χ1n) is 8.93. The lowest BCUT2D eigenvalue weighted by atomic mass is 9.97. The van der Waals surface area contributed by atoms with E-state index in [2.05, 4.69) is 16.0 Å². The van der Waals surface area contributed by atoms with Crippen LogP contribution in [0.15, 0.2) is 0 Å². The standard InChI is InChI=1S/C17H32N4O5S/c1-6-9(2)13(21-15(23)12(18)7-8-27-5)16(24)19-10(3)14(22)20-11(4)17(25)26/h9-13H,6-8,18H2,1-5H3,(H,19,24)(H,20,22)(H,21,23)(H,25,26). The summed E-state index contributed by atoms with van der Waals surface area (Å²) in [6, 6.07) is -3.58. The number of carbonyl (C=O) groups excluding carboxylic acids is 3. The van der Waals surface area contributed by atoms with Gasteiger partial charge in [-0.1, -0.05) is 20.3 Å². The normalized spacial score (nSPS) is 16.4. The van der Waals surface area contributed by atoms with E-state index < -0.39 is 47.9 Å². The molecular formula is C17H32N4O5S. The van der Waals surface area contributed by atoms with Gasteiger partial charge in [-0.05, 0) is 38.2 Å². The fourth-order valence-electron chi connectivity index (χ4n) is 2.11. The molecule has 5 unspecified atom stereocenters. The quantitative estimate of drug-likeness (QED) is 0.299. The fourth-order valence-corrected chi connectivity index (χ4v) is 2.60. The predicted octanol–water partition coefficient (Wildman–Crippen LogP) is -0.308. The number of hydrogen-bond donors (Lipinski definition) is 5. The molecule has 0 aromatic heterocycles. The van der Waals surface area contributed by atoms with Gasteiger partial charge in [0.15, 0.2) is 0 Å². The van der Waals surface area contributed by atoms with Crippen LogP contribution in [-0.4, -0.2) is 65.0 Å². The molecule has 0 radical (unpaired) electrons. The Bertz CT molecular complexity index is 531. The Balaban J connectivity index is 4.94. The van der Waals surface area contributed by atoms with E-state index in [0.29, 0.717) is 12.8 Å². The van der Waals surface area contributed by atoms with Crippen molar-refractivity contribution in [3.63, 3.8) is 0 Å². The van der Waals surface area contributed by atoms with Crippen molar-refractivity contribution in [3.05, 3.63) is 0 Å². The molecule has 0 bridgehead atoms. The molecule has 3 amide bonds. The highest BCUT2D eigenvalue weighted by Gasteiger charge is 2.30. The molecule has 0 saturated carbocycles. The van der Waals surface area contributed by atoms with E-state index in [-0.39, 0.29) is 5.92 Å². The lowest BCUT2D eigenvalue weighted by Gasteiger charge is -2.26. The third-order valence-corrected chi connectivity index (χ3v) is 4.89. The number of carbonyl (C=O) groups is 4. The van der Waals surface area contributed by atoms with Crippen molar-refractivity contribution in [2.45, 2.75) is 64.7 Å². The molecule has 27 heavy (non-hydrogen) atoms. The zero-order chi connectivity index (χ0) is 21.1. The SMILES string of the molecule is CCC(C)C(NC(=O)C(N)CCSC)C(=O)NC(C)C(=O)NC(C)C(=O)O. The Hall–Kier alpha value is -1.81. The summed E-state index contributed by atoms with van der Waals surface area (Å²) in [7, 11) is 0. The molecule has 10 heteroatoms. The van der Waals surface area contributed by atoms with Crippen LogP contribution in [0.5, 0.6) is 0 Å². The summed E-state index contributed by atoms with van der Waals surface area (Å²) in [5.41, 5.74) is 5.85. The number of amides is 3. The van der Waals surface area contributed by atoms with Gasteiger partial charge < -0.3 is 26.8 Å².